The minimum absolute atomic E-state index is 0.0520. The summed E-state index contributed by atoms with van der Waals surface area (Å²) in [6.45, 7) is 11.5. The molecule has 0 unspecified atom stereocenters. The minimum Gasteiger partial charge on any atom is -0.392 e. The monoisotopic (exact) mass is 353 g/mol. The van der Waals surface area contributed by atoms with E-state index >= 15 is 0 Å². The number of allylic oxidation sites excluding steroid dienone is 5. The van der Waals surface area contributed by atoms with E-state index in [4.69, 9.17) is 0 Å². The second-order valence-electron chi connectivity index (χ2n) is 5.22. The lowest BCUT2D eigenvalue weighted by molar-refractivity contribution is -0.420. The van der Waals surface area contributed by atoms with Crippen LogP contribution in [0.3, 0.4) is 0 Å². The molecule has 0 amide bonds. The van der Waals surface area contributed by atoms with Crippen molar-refractivity contribution in [3.63, 3.8) is 0 Å². The molecule has 0 heterocycles. The number of hydrogen-bond donors (Lipinski definition) is 3. The molecule has 25 heavy (non-hydrogen) atoms. The Labute approximate surface area is 152 Å². The normalized spacial score (nSPS) is 13.7. The summed E-state index contributed by atoms with van der Waals surface area (Å²) in [7, 11) is 1.74. The molecule has 0 radical (unpaired) electrons. The van der Waals surface area contributed by atoms with Crippen molar-refractivity contribution in [3.05, 3.63) is 56.5 Å². The van der Waals surface area contributed by atoms with Crippen LogP contribution in [0.15, 0.2) is 46.3 Å². The van der Waals surface area contributed by atoms with Gasteiger partial charge >= 0.3 is 0 Å². The molecule has 144 valence electrons. The number of hydrogen-bond acceptors (Lipinski definition) is 5. The molecular formula is C19H35N3O3. The van der Waals surface area contributed by atoms with Crippen LogP contribution in [0.1, 0.15) is 60.8 Å². The van der Waals surface area contributed by atoms with Gasteiger partial charge in [0.05, 0.1) is 17.2 Å². The first-order chi connectivity index (χ1) is 11.9. The van der Waals surface area contributed by atoms with Crippen LogP contribution in [-0.4, -0.2) is 23.7 Å². The molecule has 0 atom stereocenters. The van der Waals surface area contributed by atoms with Gasteiger partial charge in [-0.2, -0.15) is 0 Å². The fourth-order valence-electron chi connectivity index (χ4n) is 2.21. The number of aliphatic hydroxyl groups is 1. The van der Waals surface area contributed by atoms with E-state index in [0.29, 0.717) is 5.57 Å². The van der Waals surface area contributed by atoms with Gasteiger partial charge in [-0.05, 0) is 37.8 Å². The van der Waals surface area contributed by atoms with Crippen LogP contribution in [0.5, 0.6) is 0 Å². The first-order valence-electron chi connectivity index (χ1n) is 8.88. The predicted octanol–water partition coefficient (Wildman–Crippen LogP) is 4.25. The van der Waals surface area contributed by atoms with Gasteiger partial charge in [0.1, 0.15) is 0 Å². The highest BCUT2D eigenvalue weighted by molar-refractivity contribution is 5.37. The molecule has 6 nitrogen and oxygen atoms in total. The molecule has 0 bridgehead atoms. The minimum atomic E-state index is -0.376. The molecule has 0 aliphatic carbocycles. The first kappa shape index (κ1) is 25.3. The van der Waals surface area contributed by atoms with Crippen LogP contribution < -0.4 is 10.9 Å². The van der Waals surface area contributed by atoms with E-state index in [-0.39, 0.29) is 17.2 Å². The van der Waals surface area contributed by atoms with Crippen molar-refractivity contribution < 1.29 is 10.0 Å². The lowest BCUT2D eigenvalue weighted by Crippen LogP contribution is -2.29. The Kier molecular flexibility index (Phi) is 15.8. The molecule has 0 aromatic carbocycles. The van der Waals surface area contributed by atoms with Gasteiger partial charge in [-0.1, -0.05) is 46.3 Å². The highest BCUT2D eigenvalue weighted by Gasteiger charge is 2.12. The quantitative estimate of drug-likeness (QED) is 0.310. The zero-order chi connectivity index (χ0) is 19.8. The van der Waals surface area contributed by atoms with Crippen LogP contribution in [0, 0.1) is 10.1 Å². The molecule has 0 saturated heterocycles. The molecule has 0 fully saturated rings. The van der Waals surface area contributed by atoms with Gasteiger partial charge in [-0.15, -0.1) is 0 Å². The molecule has 0 aromatic rings. The first-order valence-corrected chi connectivity index (χ1v) is 8.88. The van der Waals surface area contributed by atoms with Crippen molar-refractivity contribution in [2.75, 3.05) is 13.7 Å². The van der Waals surface area contributed by atoms with Crippen molar-refractivity contribution in [1.29, 1.82) is 0 Å². The summed E-state index contributed by atoms with van der Waals surface area (Å²) in [6, 6.07) is 0. The van der Waals surface area contributed by atoms with E-state index < -0.39 is 0 Å². The Hall–Kier alpha value is -1.92. The zero-order valence-corrected chi connectivity index (χ0v) is 16.8. The Morgan fingerprint density at radius 1 is 1.16 bits per heavy atom. The van der Waals surface area contributed by atoms with Crippen LogP contribution in [-0.2, 0) is 0 Å². The van der Waals surface area contributed by atoms with Crippen LogP contribution in [0.4, 0.5) is 0 Å². The summed E-state index contributed by atoms with van der Waals surface area (Å²) in [4.78, 5) is 10.8. The molecular weight excluding hydrogens is 318 g/mol. The Bertz CT molecular complexity index is 518. The van der Waals surface area contributed by atoms with Crippen LogP contribution in [0.25, 0.3) is 0 Å². The van der Waals surface area contributed by atoms with Gasteiger partial charge in [0.25, 0.3) is 5.70 Å². The number of nitrogens with zero attached hydrogens (tertiary/aromatic N) is 1. The SMILES string of the molecule is CC.CC/C=C(C)/C(=C\C=C(C)\C(NNC)=C(/CO)CCC)[N+](=O)[O-]. The number of nitrogens with one attached hydrogen (secondary N) is 2. The van der Waals surface area contributed by atoms with Gasteiger partial charge in [0, 0.05) is 18.7 Å². The average Bonchev–Trinajstić information content (AvgIpc) is 2.59. The third-order valence-corrected chi connectivity index (χ3v) is 3.34. The lowest BCUT2D eigenvalue weighted by Gasteiger charge is -2.15. The maximum absolute atomic E-state index is 11.2. The Morgan fingerprint density at radius 2 is 1.76 bits per heavy atom. The van der Waals surface area contributed by atoms with Crippen molar-refractivity contribution in [3.8, 4) is 0 Å². The summed E-state index contributed by atoms with van der Waals surface area (Å²) in [6.07, 6.45) is 7.46. The van der Waals surface area contributed by atoms with Gasteiger partial charge in [-0.25, -0.2) is 5.43 Å². The number of nitro groups is 1. The summed E-state index contributed by atoms with van der Waals surface area (Å²) in [5.41, 5.74) is 9.04. The molecule has 0 spiro atoms. The van der Waals surface area contributed by atoms with Crippen molar-refractivity contribution in [2.45, 2.75) is 60.8 Å². The van der Waals surface area contributed by atoms with E-state index in [1.165, 1.54) is 6.08 Å². The van der Waals surface area contributed by atoms with Gasteiger partial charge in [0.2, 0.25) is 0 Å². The standard InChI is InChI=1S/C17H29N3O3.C2H6/c1-6-8-13(3)16(20(22)23)11-10-14(4)17(19-18-5)15(12-21)9-7-2;1-2/h8,10-11,18-19,21H,6-7,9,12H2,1-5H3;1-2H3/b13-8+,14-10+,16-11+,17-15+;. The van der Waals surface area contributed by atoms with Crippen molar-refractivity contribution in [1.82, 2.24) is 10.9 Å². The van der Waals surface area contributed by atoms with Crippen molar-refractivity contribution >= 4 is 0 Å². The smallest absolute Gasteiger partial charge is 0.271 e. The van der Waals surface area contributed by atoms with E-state index in [1.807, 2.05) is 40.7 Å². The Balaban J connectivity index is 0. The molecule has 0 aliphatic heterocycles. The van der Waals surface area contributed by atoms with Gasteiger partial charge in [0.15, 0.2) is 0 Å². The van der Waals surface area contributed by atoms with Crippen LogP contribution in [0.2, 0.25) is 0 Å². The maximum atomic E-state index is 11.2. The van der Waals surface area contributed by atoms with E-state index in [1.54, 1.807) is 20.0 Å². The molecule has 6 heteroatoms. The fraction of sp³-hybridized carbons (Fsp3) is 0.579. The van der Waals surface area contributed by atoms with Crippen LogP contribution >= 0.6 is 0 Å². The van der Waals surface area contributed by atoms with Gasteiger partial charge < -0.3 is 10.5 Å². The second kappa shape index (κ2) is 15.6. The van der Waals surface area contributed by atoms with Gasteiger partial charge in [-0.3, -0.25) is 10.1 Å². The van der Waals surface area contributed by atoms with E-state index in [0.717, 1.165) is 36.1 Å². The molecule has 0 aliphatic rings. The molecule has 3 N–H and O–H groups in total. The number of aliphatic hydroxyl groups excluding tert-OH is 1. The average molecular weight is 354 g/mol. The largest absolute Gasteiger partial charge is 0.392 e. The molecule has 0 aromatic heterocycles. The summed E-state index contributed by atoms with van der Waals surface area (Å²) < 4.78 is 0. The molecule has 0 rings (SSSR count). The highest BCUT2D eigenvalue weighted by Crippen LogP contribution is 2.17. The van der Waals surface area contributed by atoms with Crippen molar-refractivity contribution in [2.24, 2.45) is 0 Å². The maximum Gasteiger partial charge on any atom is 0.271 e. The second-order valence-corrected chi connectivity index (χ2v) is 5.22. The summed E-state index contributed by atoms with van der Waals surface area (Å²) in [5.74, 6) is 0. The Morgan fingerprint density at radius 3 is 2.16 bits per heavy atom. The zero-order valence-electron chi connectivity index (χ0n) is 16.8. The summed E-state index contributed by atoms with van der Waals surface area (Å²) in [5, 5.41) is 20.7. The lowest BCUT2D eigenvalue weighted by atomic mass is 10.0. The summed E-state index contributed by atoms with van der Waals surface area (Å²) >= 11 is 0. The molecule has 0 saturated carbocycles. The third-order valence-electron chi connectivity index (χ3n) is 3.34. The number of hydrazine groups is 1. The third kappa shape index (κ3) is 9.84. The predicted molar refractivity (Wildman–Crippen MR) is 105 cm³/mol. The highest BCUT2D eigenvalue weighted by atomic mass is 16.6. The number of rotatable bonds is 10. The topological polar surface area (TPSA) is 87.4 Å². The van der Waals surface area contributed by atoms with E-state index in [9.17, 15) is 15.2 Å². The van der Waals surface area contributed by atoms with E-state index in [2.05, 4.69) is 10.9 Å². The fourth-order valence-corrected chi connectivity index (χ4v) is 2.21.